The fraction of sp³-hybridized carbons (Fsp3) is 0.333. The molecule has 0 fully saturated rings. The maximum absolute atomic E-state index is 5.76. The van der Waals surface area contributed by atoms with Crippen LogP contribution in [-0.4, -0.2) is 13.2 Å². The third-order valence-corrected chi connectivity index (χ3v) is 3.27. The minimum atomic E-state index is -0.0546. The molecule has 0 aliphatic heterocycles. The van der Waals surface area contributed by atoms with Crippen LogP contribution in [0.15, 0.2) is 60.7 Å². The van der Waals surface area contributed by atoms with E-state index in [4.69, 9.17) is 10.1 Å². The molecule has 2 aromatic carbocycles. The van der Waals surface area contributed by atoms with Crippen LogP contribution in [0.3, 0.4) is 0 Å². The van der Waals surface area contributed by atoms with Crippen molar-refractivity contribution < 1.29 is 23.6 Å². The zero-order chi connectivity index (χ0) is 14.4. The molecular weight excluding hydrogens is 253 g/mol. The Hall–Kier alpha value is -1.04. The van der Waals surface area contributed by atoms with E-state index in [0.717, 1.165) is 5.56 Å². The summed E-state index contributed by atoms with van der Waals surface area (Å²) in [5.74, 6) is 0. The predicted molar refractivity (Wildman–Crippen MR) is 83.9 cm³/mol. The first kappa shape index (κ1) is 18.0. The molecule has 3 heteroatoms. The van der Waals surface area contributed by atoms with Crippen molar-refractivity contribution in [1.29, 1.82) is 0 Å². The van der Waals surface area contributed by atoms with Crippen molar-refractivity contribution in [3.63, 3.8) is 0 Å². The van der Waals surface area contributed by atoms with Gasteiger partial charge in [0.25, 0.3) is 0 Å². The Kier molecular flexibility index (Phi) is 7.78. The molecule has 106 valence electrons. The normalized spacial score (nSPS) is 13.5. The minimum absolute atomic E-state index is 0. The Morgan fingerprint density at radius 1 is 0.810 bits per heavy atom. The standard InChI is InChI=1S/C18H22NO.Li/c1-14(2)19-17(15-10-6-4-7-11-15)18(20-3)16-12-8-5-9-13-16;/h4-14,17-18H,1-3H3;/q-1;+1/t17-,18+;/m1./s1. The second kappa shape index (κ2) is 9.07. The molecule has 0 N–H and O–H groups in total. The molecule has 2 rings (SSSR count). The van der Waals surface area contributed by atoms with Crippen LogP contribution in [0, 0.1) is 0 Å². The molecule has 0 amide bonds. The summed E-state index contributed by atoms with van der Waals surface area (Å²) in [4.78, 5) is 0. The summed E-state index contributed by atoms with van der Waals surface area (Å²) in [6.07, 6.45) is -0.0546. The Balaban J connectivity index is 0.00000220. The third kappa shape index (κ3) is 5.02. The summed E-state index contributed by atoms with van der Waals surface area (Å²) in [5, 5.41) is 4.87. The minimum Gasteiger partial charge on any atom is -0.651 e. The first-order valence-electron chi connectivity index (χ1n) is 7.05. The van der Waals surface area contributed by atoms with Crippen molar-refractivity contribution in [2.24, 2.45) is 0 Å². The van der Waals surface area contributed by atoms with Crippen molar-refractivity contribution in [3.8, 4) is 0 Å². The number of rotatable bonds is 6. The van der Waals surface area contributed by atoms with Gasteiger partial charge in [0.15, 0.2) is 0 Å². The van der Waals surface area contributed by atoms with E-state index in [0.29, 0.717) is 0 Å². The number of methoxy groups -OCH3 is 1. The van der Waals surface area contributed by atoms with Crippen LogP contribution >= 0.6 is 0 Å². The molecule has 21 heavy (non-hydrogen) atoms. The monoisotopic (exact) mass is 275 g/mol. The summed E-state index contributed by atoms with van der Waals surface area (Å²) >= 11 is 0. The maximum Gasteiger partial charge on any atom is 1.00 e. The van der Waals surface area contributed by atoms with Crippen molar-refractivity contribution >= 4 is 0 Å². The van der Waals surface area contributed by atoms with Gasteiger partial charge in [0, 0.05) is 7.11 Å². The van der Waals surface area contributed by atoms with Gasteiger partial charge in [-0.1, -0.05) is 86.1 Å². The fourth-order valence-electron chi connectivity index (χ4n) is 2.40. The first-order chi connectivity index (χ1) is 9.72. The third-order valence-electron chi connectivity index (χ3n) is 3.27. The van der Waals surface area contributed by atoms with Crippen LogP contribution in [0.2, 0.25) is 0 Å². The molecule has 0 unspecified atom stereocenters. The molecule has 2 aromatic rings. The molecule has 0 aliphatic rings. The molecule has 0 spiro atoms. The van der Waals surface area contributed by atoms with Gasteiger partial charge in [0.1, 0.15) is 0 Å². The number of hydrogen-bond donors (Lipinski definition) is 0. The van der Waals surface area contributed by atoms with Gasteiger partial charge in [0.05, 0.1) is 6.10 Å². The summed E-state index contributed by atoms with van der Waals surface area (Å²) in [5.41, 5.74) is 2.35. The van der Waals surface area contributed by atoms with Crippen LogP contribution in [0.4, 0.5) is 0 Å². The van der Waals surface area contributed by atoms with E-state index in [1.54, 1.807) is 7.11 Å². The molecule has 0 bridgehead atoms. The van der Waals surface area contributed by atoms with Gasteiger partial charge in [0.2, 0.25) is 0 Å². The van der Waals surface area contributed by atoms with Crippen molar-refractivity contribution in [2.45, 2.75) is 32.0 Å². The van der Waals surface area contributed by atoms with Gasteiger partial charge >= 0.3 is 18.9 Å². The largest absolute Gasteiger partial charge is 1.00 e. The van der Waals surface area contributed by atoms with Crippen molar-refractivity contribution in [1.82, 2.24) is 0 Å². The Morgan fingerprint density at radius 3 is 1.71 bits per heavy atom. The molecule has 2 nitrogen and oxygen atoms in total. The van der Waals surface area contributed by atoms with Gasteiger partial charge in [-0.2, -0.15) is 0 Å². The molecule has 0 saturated heterocycles. The van der Waals surface area contributed by atoms with Crippen LogP contribution in [0.25, 0.3) is 5.32 Å². The molecule has 0 aliphatic carbocycles. The molecule has 0 radical (unpaired) electrons. The predicted octanol–water partition coefficient (Wildman–Crippen LogP) is 1.90. The van der Waals surface area contributed by atoms with Crippen LogP contribution in [0.1, 0.15) is 37.1 Å². The molecular formula is C18H22LiNO. The number of ether oxygens (including phenoxy) is 1. The number of benzene rings is 2. The first-order valence-corrected chi connectivity index (χ1v) is 7.05. The van der Waals surface area contributed by atoms with Gasteiger partial charge in [-0.05, 0) is 5.56 Å². The average molecular weight is 275 g/mol. The van der Waals surface area contributed by atoms with E-state index in [1.807, 2.05) is 24.3 Å². The van der Waals surface area contributed by atoms with E-state index in [1.165, 1.54) is 5.56 Å². The Bertz CT molecular complexity index is 501. The quantitative estimate of drug-likeness (QED) is 0.739. The van der Waals surface area contributed by atoms with E-state index < -0.39 is 0 Å². The molecule has 0 heterocycles. The second-order valence-corrected chi connectivity index (χ2v) is 5.17. The van der Waals surface area contributed by atoms with E-state index in [9.17, 15) is 0 Å². The van der Waals surface area contributed by atoms with E-state index in [-0.39, 0.29) is 37.0 Å². The Morgan fingerprint density at radius 2 is 1.29 bits per heavy atom. The van der Waals surface area contributed by atoms with Gasteiger partial charge in [-0.25, -0.2) is 0 Å². The van der Waals surface area contributed by atoms with Gasteiger partial charge < -0.3 is 10.1 Å². The fourth-order valence-corrected chi connectivity index (χ4v) is 2.40. The number of nitrogens with zero attached hydrogens (tertiary/aromatic N) is 1. The SMILES string of the molecule is CO[C@@H](c1ccccc1)[C@H]([N-]C(C)C)c1ccccc1.[Li+]. The summed E-state index contributed by atoms with van der Waals surface area (Å²) in [6, 6.07) is 20.9. The summed E-state index contributed by atoms with van der Waals surface area (Å²) < 4.78 is 5.76. The van der Waals surface area contributed by atoms with E-state index in [2.05, 4.69) is 50.2 Å². The Labute approximate surface area is 140 Å². The topological polar surface area (TPSA) is 23.3 Å². The van der Waals surface area contributed by atoms with Gasteiger partial charge in [-0.3, -0.25) is 0 Å². The molecule has 2 atom stereocenters. The van der Waals surface area contributed by atoms with Crippen LogP contribution in [0.5, 0.6) is 0 Å². The zero-order valence-electron chi connectivity index (χ0n) is 13.4. The second-order valence-electron chi connectivity index (χ2n) is 5.17. The smallest absolute Gasteiger partial charge is 0.651 e. The number of hydrogen-bond acceptors (Lipinski definition) is 1. The maximum atomic E-state index is 5.76. The van der Waals surface area contributed by atoms with E-state index >= 15 is 0 Å². The summed E-state index contributed by atoms with van der Waals surface area (Å²) in [7, 11) is 1.75. The van der Waals surface area contributed by atoms with Crippen LogP contribution < -0.4 is 18.9 Å². The van der Waals surface area contributed by atoms with Crippen LogP contribution in [-0.2, 0) is 4.74 Å². The molecule has 0 aromatic heterocycles. The van der Waals surface area contributed by atoms with Crippen molar-refractivity contribution in [3.05, 3.63) is 77.1 Å². The van der Waals surface area contributed by atoms with Gasteiger partial charge in [-0.15, -0.1) is 6.04 Å². The molecule has 0 saturated carbocycles. The summed E-state index contributed by atoms with van der Waals surface area (Å²) in [6.45, 7) is 4.21. The zero-order valence-corrected chi connectivity index (χ0v) is 13.4. The average Bonchev–Trinajstić information content (AvgIpc) is 2.49. The van der Waals surface area contributed by atoms with Crippen molar-refractivity contribution in [2.75, 3.05) is 7.11 Å².